The topological polar surface area (TPSA) is 62.5 Å². The molecule has 0 spiro atoms. The summed E-state index contributed by atoms with van der Waals surface area (Å²) in [6.07, 6.45) is 0. The van der Waals surface area contributed by atoms with Gasteiger partial charge in [0, 0.05) is 11.2 Å². The van der Waals surface area contributed by atoms with Gasteiger partial charge in [-0.05, 0) is 31.4 Å². The molecule has 0 aliphatic carbocycles. The zero-order chi connectivity index (χ0) is 12.6. The van der Waals surface area contributed by atoms with Crippen LogP contribution < -0.4 is 0 Å². The van der Waals surface area contributed by atoms with Gasteiger partial charge in [-0.3, -0.25) is 0 Å². The lowest BCUT2D eigenvalue weighted by molar-refractivity contribution is -0.157. The number of carboxylic acids is 1. The molecule has 1 heterocycles. The average Bonchev–Trinajstić information content (AvgIpc) is 2.55. The number of carboxylic acid groups (broad SMARTS) is 1. The fourth-order valence-corrected chi connectivity index (χ4v) is 1.93. The van der Waals surface area contributed by atoms with Gasteiger partial charge in [0.1, 0.15) is 0 Å². The molecule has 0 saturated carbocycles. The van der Waals surface area contributed by atoms with E-state index < -0.39 is 11.6 Å². The molecule has 0 saturated heterocycles. The van der Waals surface area contributed by atoms with Gasteiger partial charge in [0.05, 0.1) is 6.54 Å². The Balaban J connectivity index is 2.49. The van der Waals surface area contributed by atoms with Crippen molar-refractivity contribution in [3.8, 4) is 0 Å². The summed E-state index contributed by atoms with van der Waals surface area (Å²) in [6.45, 7) is 3.25. The normalized spacial score (nSPS) is 14.8. The number of para-hydroxylation sites is 1. The maximum absolute atomic E-state index is 10.9. The Morgan fingerprint density at radius 3 is 2.71 bits per heavy atom. The molecule has 2 aromatic rings. The molecule has 1 aromatic carbocycles. The van der Waals surface area contributed by atoms with Crippen molar-refractivity contribution in [1.82, 2.24) is 4.57 Å². The molecular formula is C13H15NO3. The summed E-state index contributed by atoms with van der Waals surface area (Å²) in [5, 5.41) is 19.8. The first-order valence-electron chi connectivity index (χ1n) is 5.42. The number of hydrogen-bond donors (Lipinski definition) is 2. The van der Waals surface area contributed by atoms with Crippen LogP contribution in [0.5, 0.6) is 0 Å². The number of nitrogens with zero attached hydrogens (tertiary/aromatic N) is 1. The van der Waals surface area contributed by atoms with E-state index in [2.05, 4.69) is 0 Å². The fraction of sp³-hybridized carbons (Fsp3) is 0.308. The number of carbonyl (C=O) groups is 1. The lowest BCUT2D eigenvalue weighted by atomic mass is 10.1. The predicted molar refractivity (Wildman–Crippen MR) is 64.9 cm³/mol. The molecule has 0 bridgehead atoms. The number of rotatable bonds is 3. The number of benzene rings is 1. The van der Waals surface area contributed by atoms with Crippen molar-refractivity contribution in [3.05, 3.63) is 36.0 Å². The first kappa shape index (κ1) is 11.7. The summed E-state index contributed by atoms with van der Waals surface area (Å²) in [4.78, 5) is 10.9. The highest BCUT2D eigenvalue weighted by molar-refractivity contribution is 5.82. The van der Waals surface area contributed by atoms with Gasteiger partial charge in [-0.2, -0.15) is 0 Å². The minimum Gasteiger partial charge on any atom is -0.479 e. The Kier molecular flexibility index (Phi) is 2.67. The van der Waals surface area contributed by atoms with Gasteiger partial charge in [0.15, 0.2) is 5.60 Å². The Bertz CT molecular complexity index is 569. The van der Waals surface area contributed by atoms with Gasteiger partial charge in [0.2, 0.25) is 0 Å². The summed E-state index contributed by atoms with van der Waals surface area (Å²) < 4.78 is 1.82. The fourth-order valence-electron chi connectivity index (χ4n) is 1.93. The van der Waals surface area contributed by atoms with Crippen LogP contribution in [0.4, 0.5) is 0 Å². The van der Waals surface area contributed by atoms with Gasteiger partial charge in [-0.15, -0.1) is 0 Å². The number of aryl methyl sites for hydroxylation is 1. The molecule has 0 aliphatic rings. The zero-order valence-corrected chi connectivity index (χ0v) is 9.84. The molecular weight excluding hydrogens is 218 g/mol. The van der Waals surface area contributed by atoms with E-state index in [0.29, 0.717) is 0 Å². The molecule has 4 heteroatoms. The molecule has 4 nitrogen and oxygen atoms in total. The Morgan fingerprint density at radius 1 is 1.41 bits per heavy atom. The third kappa shape index (κ3) is 2.03. The quantitative estimate of drug-likeness (QED) is 0.849. The van der Waals surface area contributed by atoms with Crippen LogP contribution in [0.3, 0.4) is 0 Å². The SMILES string of the molecule is Cc1cc2ccccc2n1CC(C)(O)C(=O)O. The molecule has 1 atom stereocenters. The minimum absolute atomic E-state index is 0.0433. The number of aromatic nitrogens is 1. The summed E-state index contributed by atoms with van der Waals surface area (Å²) >= 11 is 0. The van der Waals surface area contributed by atoms with Crippen LogP contribution in [-0.2, 0) is 11.3 Å². The van der Waals surface area contributed by atoms with E-state index in [1.165, 1.54) is 6.92 Å². The van der Waals surface area contributed by atoms with Crippen LogP contribution in [0.1, 0.15) is 12.6 Å². The van der Waals surface area contributed by atoms with Crippen LogP contribution in [0.25, 0.3) is 10.9 Å². The second-order valence-corrected chi connectivity index (χ2v) is 4.51. The maximum Gasteiger partial charge on any atom is 0.337 e. The first-order valence-corrected chi connectivity index (χ1v) is 5.42. The van der Waals surface area contributed by atoms with E-state index in [0.717, 1.165) is 16.6 Å². The number of aliphatic carboxylic acids is 1. The minimum atomic E-state index is -1.76. The molecule has 2 N–H and O–H groups in total. The molecule has 0 radical (unpaired) electrons. The highest BCUT2D eigenvalue weighted by atomic mass is 16.4. The van der Waals surface area contributed by atoms with Crippen molar-refractivity contribution in [2.75, 3.05) is 0 Å². The second kappa shape index (κ2) is 3.89. The lowest BCUT2D eigenvalue weighted by Crippen LogP contribution is -2.39. The molecule has 0 fully saturated rings. The van der Waals surface area contributed by atoms with Crippen molar-refractivity contribution < 1.29 is 15.0 Å². The summed E-state index contributed by atoms with van der Waals surface area (Å²) in [5.41, 5.74) is 0.117. The summed E-state index contributed by atoms with van der Waals surface area (Å²) in [5.74, 6) is -1.21. The van der Waals surface area contributed by atoms with Crippen LogP contribution in [0.2, 0.25) is 0 Å². The van der Waals surface area contributed by atoms with E-state index in [1.54, 1.807) is 0 Å². The Morgan fingerprint density at radius 2 is 2.06 bits per heavy atom. The molecule has 90 valence electrons. The summed E-state index contributed by atoms with van der Waals surface area (Å²) in [6, 6.07) is 9.69. The Labute approximate surface area is 99.1 Å². The monoisotopic (exact) mass is 233 g/mol. The van der Waals surface area contributed by atoms with Crippen molar-refractivity contribution in [3.63, 3.8) is 0 Å². The van der Waals surface area contributed by atoms with Gasteiger partial charge in [-0.25, -0.2) is 4.79 Å². The lowest BCUT2D eigenvalue weighted by Gasteiger charge is -2.20. The molecule has 2 rings (SSSR count). The third-order valence-corrected chi connectivity index (χ3v) is 2.94. The molecule has 1 aromatic heterocycles. The van der Waals surface area contributed by atoms with Crippen LogP contribution in [0.15, 0.2) is 30.3 Å². The number of fused-ring (bicyclic) bond motifs is 1. The Hall–Kier alpha value is -1.81. The van der Waals surface area contributed by atoms with Gasteiger partial charge in [0.25, 0.3) is 0 Å². The number of hydrogen-bond acceptors (Lipinski definition) is 2. The highest BCUT2D eigenvalue weighted by Crippen LogP contribution is 2.21. The first-order chi connectivity index (χ1) is 7.92. The van der Waals surface area contributed by atoms with E-state index >= 15 is 0 Å². The van der Waals surface area contributed by atoms with Crippen molar-refractivity contribution in [2.24, 2.45) is 0 Å². The molecule has 1 unspecified atom stereocenters. The predicted octanol–water partition coefficient (Wildman–Crippen LogP) is 1.79. The standard InChI is InChI=1S/C13H15NO3/c1-9-7-10-5-3-4-6-11(10)14(9)8-13(2,17)12(15)16/h3-7,17H,8H2,1-2H3,(H,15,16). The van der Waals surface area contributed by atoms with E-state index in [1.807, 2.05) is 41.8 Å². The van der Waals surface area contributed by atoms with Crippen LogP contribution in [0, 0.1) is 6.92 Å². The molecule has 17 heavy (non-hydrogen) atoms. The third-order valence-electron chi connectivity index (χ3n) is 2.94. The van der Waals surface area contributed by atoms with Crippen LogP contribution >= 0.6 is 0 Å². The van der Waals surface area contributed by atoms with Crippen molar-refractivity contribution >= 4 is 16.9 Å². The van der Waals surface area contributed by atoms with E-state index in [-0.39, 0.29) is 6.54 Å². The van der Waals surface area contributed by atoms with E-state index in [9.17, 15) is 9.90 Å². The largest absolute Gasteiger partial charge is 0.479 e. The van der Waals surface area contributed by atoms with Gasteiger partial charge in [-0.1, -0.05) is 18.2 Å². The maximum atomic E-state index is 10.9. The highest BCUT2D eigenvalue weighted by Gasteiger charge is 2.31. The number of aliphatic hydroxyl groups is 1. The van der Waals surface area contributed by atoms with Gasteiger partial charge < -0.3 is 14.8 Å². The van der Waals surface area contributed by atoms with Crippen LogP contribution in [-0.4, -0.2) is 26.4 Å². The molecule has 0 amide bonds. The van der Waals surface area contributed by atoms with Crippen molar-refractivity contribution in [2.45, 2.75) is 26.0 Å². The second-order valence-electron chi connectivity index (χ2n) is 4.51. The van der Waals surface area contributed by atoms with Gasteiger partial charge >= 0.3 is 5.97 Å². The average molecular weight is 233 g/mol. The summed E-state index contributed by atoms with van der Waals surface area (Å²) in [7, 11) is 0. The smallest absolute Gasteiger partial charge is 0.337 e. The zero-order valence-electron chi connectivity index (χ0n) is 9.84. The van der Waals surface area contributed by atoms with Crippen molar-refractivity contribution in [1.29, 1.82) is 0 Å². The molecule has 0 aliphatic heterocycles. The van der Waals surface area contributed by atoms with E-state index in [4.69, 9.17) is 5.11 Å².